The number of fused-ring (bicyclic) bond motifs is 1. The molecule has 0 unspecified atom stereocenters. The fourth-order valence-electron chi connectivity index (χ4n) is 3.04. The monoisotopic (exact) mass is 432 g/mol. The van der Waals surface area contributed by atoms with Crippen LogP contribution in [0, 0.1) is 0 Å². The van der Waals surface area contributed by atoms with E-state index in [4.69, 9.17) is 5.10 Å². The molecule has 5 rings (SSSR count). The minimum absolute atomic E-state index is 0.173. The van der Waals surface area contributed by atoms with Crippen LogP contribution in [0.15, 0.2) is 76.9 Å². The first-order chi connectivity index (χ1) is 14.8. The predicted octanol–water partition coefficient (Wildman–Crippen LogP) is 4.00. The van der Waals surface area contributed by atoms with Crippen LogP contribution in [0.25, 0.3) is 21.2 Å². The number of carbonyl (C=O) groups excluding carboxylic acids is 1. The molecule has 30 heavy (non-hydrogen) atoms. The van der Waals surface area contributed by atoms with Gasteiger partial charge in [-0.25, -0.2) is 15.1 Å². The smallest absolute Gasteiger partial charge is 0.246 e. The summed E-state index contributed by atoms with van der Waals surface area (Å²) in [6.07, 6.45) is 7.48. The molecule has 0 spiro atoms. The Labute approximate surface area is 180 Å². The van der Waals surface area contributed by atoms with Gasteiger partial charge in [0.1, 0.15) is 5.69 Å². The van der Waals surface area contributed by atoms with Crippen molar-refractivity contribution in [3.05, 3.63) is 83.1 Å². The minimum atomic E-state index is -0.217. The highest BCUT2D eigenvalue weighted by Crippen LogP contribution is 2.26. The Morgan fingerprint density at radius 3 is 2.80 bits per heavy atom. The van der Waals surface area contributed by atoms with Gasteiger partial charge >= 0.3 is 0 Å². The van der Waals surface area contributed by atoms with Crippen LogP contribution in [0.3, 0.4) is 0 Å². The van der Waals surface area contributed by atoms with Gasteiger partial charge < -0.3 is 0 Å². The summed E-state index contributed by atoms with van der Waals surface area (Å²) >= 11 is 3.14. The Hall–Kier alpha value is -3.56. The average Bonchev–Trinajstić information content (AvgIpc) is 3.52. The summed E-state index contributed by atoms with van der Waals surface area (Å²) in [7, 11) is 0. The van der Waals surface area contributed by atoms with Crippen molar-refractivity contribution >= 4 is 39.8 Å². The van der Waals surface area contributed by atoms with Crippen LogP contribution in [0.4, 0.5) is 0 Å². The van der Waals surface area contributed by atoms with E-state index in [2.05, 4.69) is 15.5 Å². The van der Waals surface area contributed by atoms with Crippen LogP contribution in [0.1, 0.15) is 11.3 Å². The van der Waals surface area contributed by atoms with Gasteiger partial charge in [0.25, 0.3) is 0 Å². The standard InChI is InChI=1S/C21H16N6OS2/c28-19(11-16-14-26-8-10-30-21(26)23-16)24-22-12-15-13-27(17-5-2-1-3-6-17)25-20(15)18-7-4-9-29-18/h1-10,12-14H,11H2,(H,24,28)/b22-12+. The largest absolute Gasteiger partial charge is 0.297 e. The fraction of sp³-hybridized carbons (Fsp3) is 0.0476. The molecule has 0 radical (unpaired) electrons. The number of amides is 1. The number of carbonyl (C=O) groups is 1. The molecule has 1 amide bonds. The zero-order valence-electron chi connectivity index (χ0n) is 15.7. The maximum Gasteiger partial charge on any atom is 0.246 e. The summed E-state index contributed by atoms with van der Waals surface area (Å²) in [5.74, 6) is -0.217. The van der Waals surface area contributed by atoms with Gasteiger partial charge in [0.2, 0.25) is 5.91 Å². The molecule has 0 aliphatic rings. The number of imidazole rings is 1. The summed E-state index contributed by atoms with van der Waals surface area (Å²) in [5.41, 5.74) is 5.90. The molecule has 1 aromatic carbocycles. The van der Waals surface area contributed by atoms with Crippen molar-refractivity contribution in [3.8, 4) is 16.3 Å². The van der Waals surface area contributed by atoms with E-state index in [1.54, 1.807) is 17.6 Å². The molecule has 0 saturated heterocycles. The lowest BCUT2D eigenvalue weighted by molar-refractivity contribution is -0.120. The lowest BCUT2D eigenvalue weighted by Gasteiger charge is -1.98. The van der Waals surface area contributed by atoms with Gasteiger partial charge in [0, 0.05) is 29.5 Å². The molecule has 9 heteroatoms. The Bertz CT molecular complexity index is 1290. The summed E-state index contributed by atoms with van der Waals surface area (Å²) in [6, 6.07) is 13.9. The maximum absolute atomic E-state index is 12.3. The van der Waals surface area contributed by atoms with Crippen LogP contribution in [0.2, 0.25) is 0 Å². The number of hydrogen-bond donors (Lipinski definition) is 1. The molecule has 0 fully saturated rings. The van der Waals surface area contributed by atoms with Crippen LogP contribution < -0.4 is 5.43 Å². The van der Waals surface area contributed by atoms with Crippen molar-refractivity contribution in [1.29, 1.82) is 0 Å². The molecule has 0 saturated carbocycles. The SMILES string of the molecule is O=C(Cc1cn2ccsc2n1)N/N=C/c1cn(-c2ccccc2)nc1-c1cccs1. The van der Waals surface area contributed by atoms with E-state index in [1.807, 2.05) is 80.9 Å². The molecule has 5 aromatic rings. The van der Waals surface area contributed by atoms with Crippen molar-refractivity contribution in [2.45, 2.75) is 6.42 Å². The average molecular weight is 433 g/mol. The maximum atomic E-state index is 12.3. The number of para-hydroxylation sites is 1. The van der Waals surface area contributed by atoms with Gasteiger partial charge in [-0.15, -0.1) is 22.7 Å². The summed E-state index contributed by atoms with van der Waals surface area (Å²) in [6.45, 7) is 0. The first kappa shape index (κ1) is 18.5. The van der Waals surface area contributed by atoms with E-state index in [0.717, 1.165) is 26.8 Å². The highest BCUT2D eigenvalue weighted by atomic mass is 32.1. The van der Waals surface area contributed by atoms with Gasteiger partial charge in [-0.05, 0) is 23.6 Å². The van der Waals surface area contributed by atoms with Crippen molar-refractivity contribution in [3.63, 3.8) is 0 Å². The number of nitrogens with zero attached hydrogens (tertiary/aromatic N) is 5. The van der Waals surface area contributed by atoms with Crippen molar-refractivity contribution in [2.24, 2.45) is 5.10 Å². The van der Waals surface area contributed by atoms with Gasteiger partial charge in [-0.3, -0.25) is 9.20 Å². The van der Waals surface area contributed by atoms with Gasteiger partial charge in [-0.1, -0.05) is 24.3 Å². The first-order valence-corrected chi connectivity index (χ1v) is 10.9. The van der Waals surface area contributed by atoms with E-state index in [9.17, 15) is 4.79 Å². The van der Waals surface area contributed by atoms with E-state index in [0.29, 0.717) is 5.69 Å². The number of benzene rings is 1. The summed E-state index contributed by atoms with van der Waals surface area (Å²) < 4.78 is 3.72. The molecule has 0 aliphatic carbocycles. The van der Waals surface area contributed by atoms with E-state index in [1.165, 1.54) is 11.3 Å². The predicted molar refractivity (Wildman–Crippen MR) is 119 cm³/mol. The highest BCUT2D eigenvalue weighted by Gasteiger charge is 2.12. The lowest BCUT2D eigenvalue weighted by atomic mass is 10.2. The molecule has 4 heterocycles. The third-order valence-electron chi connectivity index (χ3n) is 4.40. The van der Waals surface area contributed by atoms with Gasteiger partial charge in [-0.2, -0.15) is 10.2 Å². The third-order valence-corrected chi connectivity index (χ3v) is 6.04. The number of thiophene rings is 1. The molecule has 7 nitrogen and oxygen atoms in total. The second-order valence-electron chi connectivity index (χ2n) is 6.49. The quantitative estimate of drug-likeness (QED) is 0.325. The van der Waals surface area contributed by atoms with Gasteiger partial charge in [0.15, 0.2) is 4.96 Å². The second kappa shape index (κ2) is 8.05. The molecule has 0 aliphatic heterocycles. The van der Waals surface area contributed by atoms with Gasteiger partial charge in [0.05, 0.1) is 28.9 Å². The zero-order chi connectivity index (χ0) is 20.3. The highest BCUT2D eigenvalue weighted by molar-refractivity contribution is 7.15. The topological polar surface area (TPSA) is 76.6 Å². The third kappa shape index (κ3) is 3.80. The second-order valence-corrected chi connectivity index (χ2v) is 8.31. The molecule has 0 atom stereocenters. The van der Waals surface area contributed by atoms with E-state index < -0.39 is 0 Å². The minimum Gasteiger partial charge on any atom is -0.297 e. The zero-order valence-corrected chi connectivity index (χ0v) is 17.3. The normalized spacial score (nSPS) is 11.5. The fourth-order valence-corrected chi connectivity index (χ4v) is 4.49. The molecule has 1 N–H and O–H groups in total. The number of aromatic nitrogens is 4. The number of thiazole rings is 1. The summed E-state index contributed by atoms with van der Waals surface area (Å²) in [4.78, 5) is 18.6. The Morgan fingerprint density at radius 2 is 2.00 bits per heavy atom. The lowest BCUT2D eigenvalue weighted by Crippen LogP contribution is -2.19. The number of nitrogens with one attached hydrogen (secondary N) is 1. The Kier molecular flexibility index (Phi) is 4.96. The van der Waals surface area contributed by atoms with E-state index in [-0.39, 0.29) is 12.3 Å². The Balaban J connectivity index is 1.34. The number of hydrazone groups is 1. The van der Waals surface area contributed by atoms with Crippen molar-refractivity contribution in [1.82, 2.24) is 24.6 Å². The first-order valence-electron chi connectivity index (χ1n) is 9.18. The van der Waals surface area contributed by atoms with Crippen LogP contribution in [0.5, 0.6) is 0 Å². The van der Waals surface area contributed by atoms with Crippen molar-refractivity contribution < 1.29 is 4.79 Å². The molecule has 148 valence electrons. The number of rotatable bonds is 6. The molecule has 4 aromatic heterocycles. The number of hydrogen-bond acceptors (Lipinski definition) is 6. The molecular weight excluding hydrogens is 416 g/mol. The summed E-state index contributed by atoms with van der Waals surface area (Å²) in [5, 5.41) is 12.8. The Morgan fingerprint density at radius 1 is 1.10 bits per heavy atom. The molecular formula is C21H16N6OS2. The van der Waals surface area contributed by atoms with Crippen LogP contribution in [-0.2, 0) is 11.2 Å². The van der Waals surface area contributed by atoms with Crippen LogP contribution >= 0.6 is 22.7 Å². The van der Waals surface area contributed by atoms with E-state index >= 15 is 0 Å². The molecule has 0 bridgehead atoms. The van der Waals surface area contributed by atoms with Crippen LogP contribution in [-0.4, -0.2) is 31.3 Å². The van der Waals surface area contributed by atoms with Crippen molar-refractivity contribution in [2.75, 3.05) is 0 Å².